The summed E-state index contributed by atoms with van der Waals surface area (Å²) >= 11 is 0. The summed E-state index contributed by atoms with van der Waals surface area (Å²) in [6.07, 6.45) is 0. The van der Waals surface area contributed by atoms with Gasteiger partial charge >= 0.3 is 0 Å². The molecule has 0 aliphatic carbocycles. The highest BCUT2D eigenvalue weighted by Crippen LogP contribution is 2.38. The molecule has 6 heteroatoms. The van der Waals surface area contributed by atoms with Crippen LogP contribution in [0.5, 0.6) is 5.75 Å². The molecule has 1 aromatic heterocycles. The van der Waals surface area contributed by atoms with Crippen molar-refractivity contribution in [3.05, 3.63) is 59.7 Å². The Labute approximate surface area is 132 Å². The molecule has 3 aromatic rings. The minimum absolute atomic E-state index is 0.107. The number of nitrogens with two attached hydrogens (primary N) is 1. The first-order valence-electron chi connectivity index (χ1n) is 7.12. The van der Waals surface area contributed by atoms with Gasteiger partial charge < -0.3 is 16.2 Å². The maximum Gasteiger partial charge on any atom is 0.210 e. The highest BCUT2D eigenvalue weighted by Gasteiger charge is 2.30. The van der Waals surface area contributed by atoms with Crippen molar-refractivity contribution in [1.82, 2.24) is 9.55 Å². The van der Waals surface area contributed by atoms with Gasteiger partial charge in [0, 0.05) is 5.56 Å². The fourth-order valence-corrected chi connectivity index (χ4v) is 2.92. The van der Waals surface area contributed by atoms with Crippen LogP contribution in [0.15, 0.2) is 54.1 Å². The molecule has 0 fully saturated rings. The Bertz CT molecular complexity index is 996. The SMILES string of the molecule is N#CC1=C(N)n2c(nc3ccccc32)NC1c1ccccc1O. The van der Waals surface area contributed by atoms with Crippen LogP contribution >= 0.6 is 0 Å². The predicted molar refractivity (Wildman–Crippen MR) is 87.2 cm³/mol. The lowest BCUT2D eigenvalue weighted by Gasteiger charge is -2.27. The molecule has 0 bridgehead atoms. The molecular formula is C17H13N5O. The van der Waals surface area contributed by atoms with Crippen molar-refractivity contribution < 1.29 is 5.11 Å². The number of nitriles is 1. The van der Waals surface area contributed by atoms with Crippen LogP contribution in [0.1, 0.15) is 11.6 Å². The number of rotatable bonds is 1. The molecule has 0 spiro atoms. The molecule has 1 unspecified atom stereocenters. The first-order chi connectivity index (χ1) is 11.2. The largest absolute Gasteiger partial charge is 0.508 e. The third kappa shape index (κ3) is 1.84. The van der Waals surface area contributed by atoms with E-state index in [0.717, 1.165) is 11.0 Å². The minimum Gasteiger partial charge on any atom is -0.508 e. The van der Waals surface area contributed by atoms with Crippen LogP contribution in [0.2, 0.25) is 0 Å². The zero-order chi connectivity index (χ0) is 16.0. The standard InChI is InChI=1S/C17H13N5O/c18-9-11-15(10-5-1-4-8-14(10)23)21-17-20-12-6-2-3-7-13(12)22(17)16(11)19/h1-8,15,23H,19H2,(H,20,21). The molecule has 0 saturated heterocycles. The zero-order valence-corrected chi connectivity index (χ0v) is 12.1. The molecule has 1 atom stereocenters. The molecule has 0 amide bonds. The number of phenols is 1. The molecule has 0 saturated carbocycles. The average Bonchev–Trinajstić information content (AvgIpc) is 2.93. The predicted octanol–water partition coefficient (Wildman–Crippen LogP) is 2.56. The van der Waals surface area contributed by atoms with E-state index in [0.29, 0.717) is 22.9 Å². The Hall–Kier alpha value is -3.46. The first kappa shape index (κ1) is 13.2. The smallest absolute Gasteiger partial charge is 0.210 e. The average molecular weight is 303 g/mol. The van der Waals surface area contributed by atoms with Gasteiger partial charge in [0.1, 0.15) is 17.6 Å². The van der Waals surface area contributed by atoms with Crippen LogP contribution in [0.25, 0.3) is 16.9 Å². The van der Waals surface area contributed by atoms with E-state index in [1.54, 1.807) is 28.8 Å². The maximum absolute atomic E-state index is 10.1. The molecular weight excluding hydrogens is 290 g/mol. The number of hydrogen-bond donors (Lipinski definition) is 3. The number of benzene rings is 2. The van der Waals surface area contributed by atoms with Gasteiger partial charge in [-0.3, -0.25) is 4.57 Å². The molecule has 6 nitrogen and oxygen atoms in total. The van der Waals surface area contributed by atoms with Crippen LogP contribution in [-0.4, -0.2) is 14.7 Å². The summed E-state index contributed by atoms with van der Waals surface area (Å²) in [4.78, 5) is 4.52. The van der Waals surface area contributed by atoms with Crippen LogP contribution in [0, 0.1) is 11.3 Å². The number of phenolic OH excluding ortho intramolecular Hbond substituents is 1. The zero-order valence-electron chi connectivity index (χ0n) is 12.1. The topological polar surface area (TPSA) is 99.9 Å². The second-order valence-electron chi connectivity index (χ2n) is 5.31. The summed E-state index contributed by atoms with van der Waals surface area (Å²) in [5.41, 5.74) is 8.80. The first-order valence-corrected chi connectivity index (χ1v) is 7.12. The number of para-hydroxylation sites is 3. The van der Waals surface area contributed by atoms with Gasteiger partial charge in [0.2, 0.25) is 5.95 Å². The van der Waals surface area contributed by atoms with Crippen molar-refractivity contribution in [1.29, 1.82) is 5.26 Å². The van der Waals surface area contributed by atoms with Gasteiger partial charge in [0.15, 0.2) is 0 Å². The Morgan fingerprint density at radius 1 is 1.17 bits per heavy atom. The van der Waals surface area contributed by atoms with E-state index in [1.165, 1.54) is 0 Å². The van der Waals surface area contributed by atoms with Gasteiger partial charge in [-0.1, -0.05) is 30.3 Å². The van der Waals surface area contributed by atoms with Crippen molar-refractivity contribution in [2.45, 2.75) is 6.04 Å². The van der Waals surface area contributed by atoms with Crippen molar-refractivity contribution in [3.8, 4) is 11.8 Å². The van der Waals surface area contributed by atoms with E-state index in [4.69, 9.17) is 5.73 Å². The minimum atomic E-state index is -0.537. The lowest BCUT2D eigenvalue weighted by molar-refractivity contribution is 0.466. The molecule has 2 heterocycles. The third-order valence-corrected chi connectivity index (χ3v) is 4.01. The number of aromatic hydroxyl groups is 1. The highest BCUT2D eigenvalue weighted by molar-refractivity contribution is 5.85. The quantitative estimate of drug-likeness (QED) is 0.641. The molecule has 1 aliphatic heterocycles. The number of anilines is 1. The van der Waals surface area contributed by atoms with Crippen molar-refractivity contribution in [2.75, 3.05) is 5.32 Å². The maximum atomic E-state index is 10.1. The monoisotopic (exact) mass is 303 g/mol. The Morgan fingerprint density at radius 3 is 2.70 bits per heavy atom. The number of nitrogens with zero attached hydrogens (tertiary/aromatic N) is 3. The number of aromatic nitrogens is 2. The second kappa shape index (κ2) is 4.78. The molecule has 112 valence electrons. The van der Waals surface area contributed by atoms with E-state index in [9.17, 15) is 10.4 Å². The van der Waals surface area contributed by atoms with E-state index in [2.05, 4.69) is 16.4 Å². The van der Waals surface area contributed by atoms with Gasteiger partial charge in [-0.15, -0.1) is 0 Å². The van der Waals surface area contributed by atoms with Crippen LogP contribution < -0.4 is 11.1 Å². The third-order valence-electron chi connectivity index (χ3n) is 4.01. The highest BCUT2D eigenvalue weighted by atomic mass is 16.3. The fourth-order valence-electron chi connectivity index (χ4n) is 2.92. The number of fused-ring (bicyclic) bond motifs is 3. The van der Waals surface area contributed by atoms with Crippen molar-refractivity contribution in [2.24, 2.45) is 5.73 Å². The van der Waals surface area contributed by atoms with E-state index in [-0.39, 0.29) is 5.75 Å². The summed E-state index contributed by atoms with van der Waals surface area (Å²) in [6.45, 7) is 0. The van der Waals surface area contributed by atoms with Crippen molar-refractivity contribution in [3.63, 3.8) is 0 Å². The van der Waals surface area contributed by atoms with Crippen LogP contribution in [-0.2, 0) is 0 Å². The Balaban J connectivity index is 1.97. The molecule has 4 N–H and O–H groups in total. The summed E-state index contributed by atoms with van der Waals surface area (Å²) in [7, 11) is 0. The number of nitrogens with one attached hydrogen (secondary N) is 1. The van der Waals surface area contributed by atoms with E-state index >= 15 is 0 Å². The Morgan fingerprint density at radius 2 is 1.91 bits per heavy atom. The molecule has 23 heavy (non-hydrogen) atoms. The summed E-state index contributed by atoms with van der Waals surface area (Å²) in [6, 6.07) is 16.1. The summed E-state index contributed by atoms with van der Waals surface area (Å²) in [5, 5.41) is 22.9. The summed E-state index contributed by atoms with van der Waals surface area (Å²) < 4.78 is 1.73. The van der Waals surface area contributed by atoms with Crippen molar-refractivity contribution >= 4 is 22.8 Å². The second-order valence-corrected chi connectivity index (χ2v) is 5.31. The summed E-state index contributed by atoms with van der Waals surface area (Å²) in [5.74, 6) is 0.981. The molecule has 4 rings (SSSR count). The number of hydrogen-bond acceptors (Lipinski definition) is 5. The normalized spacial score (nSPS) is 16.7. The van der Waals surface area contributed by atoms with E-state index in [1.807, 2.05) is 24.3 Å². The molecule has 2 aromatic carbocycles. The van der Waals surface area contributed by atoms with Gasteiger partial charge in [-0.2, -0.15) is 5.26 Å². The fraction of sp³-hybridized carbons (Fsp3) is 0.0588. The van der Waals surface area contributed by atoms with Gasteiger partial charge in [-0.25, -0.2) is 4.98 Å². The lowest BCUT2D eigenvalue weighted by atomic mass is 9.97. The van der Waals surface area contributed by atoms with Crippen LogP contribution in [0.3, 0.4) is 0 Å². The van der Waals surface area contributed by atoms with Crippen LogP contribution in [0.4, 0.5) is 5.95 Å². The lowest BCUT2D eigenvalue weighted by Crippen LogP contribution is -2.26. The number of imidazole rings is 1. The van der Waals surface area contributed by atoms with Gasteiger partial charge in [0.25, 0.3) is 0 Å². The Kier molecular flexibility index (Phi) is 2.75. The van der Waals surface area contributed by atoms with Gasteiger partial charge in [-0.05, 0) is 18.2 Å². The molecule has 0 radical (unpaired) electrons. The van der Waals surface area contributed by atoms with Gasteiger partial charge in [0.05, 0.1) is 22.6 Å². The molecule has 1 aliphatic rings. The van der Waals surface area contributed by atoms with E-state index < -0.39 is 6.04 Å².